The van der Waals surface area contributed by atoms with Gasteiger partial charge < -0.3 is 15.5 Å². The van der Waals surface area contributed by atoms with Crippen LogP contribution >= 0.6 is 12.4 Å². The van der Waals surface area contributed by atoms with E-state index in [4.69, 9.17) is 0 Å². The Balaban J connectivity index is 0.00000364. The SMILES string of the molecule is CC(C)(C)CC(=O)NCC(=O)N(Cc1ccccn1)C1CCCNCC1.Cl. The summed E-state index contributed by atoms with van der Waals surface area (Å²) >= 11 is 0. The summed E-state index contributed by atoms with van der Waals surface area (Å²) in [6.07, 6.45) is 5.11. The number of nitrogens with zero attached hydrogens (tertiary/aromatic N) is 2. The molecule has 1 fully saturated rings. The second-order valence-electron chi connectivity index (χ2n) is 8.19. The average molecular weight is 397 g/mol. The normalized spacial score (nSPS) is 17.4. The van der Waals surface area contributed by atoms with E-state index in [0.29, 0.717) is 13.0 Å². The van der Waals surface area contributed by atoms with Crippen LogP contribution in [-0.4, -0.2) is 47.4 Å². The van der Waals surface area contributed by atoms with Crippen molar-refractivity contribution in [1.29, 1.82) is 0 Å². The van der Waals surface area contributed by atoms with Crippen molar-refractivity contribution in [1.82, 2.24) is 20.5 Å². The van der Waals surface area contributed by atoms with E-state index in [-0.39, 0.29) is 42.2 Å². The number of pyridine rings is 1. The van der Waals surface area contributed by atoms with Gasteiger partial charge in [0.2, 0.25) is 11.8 Å². The molecule has 0 saturated carbocycles. The fourth-order valence-corrected chi connectivity index (χ4v) is 3.22. The Labute approximate surface area is 168 Å². The Hall–Kier alpha value is -1.66. The summed E-state index contributed by atoms with van der Waals surface area (Å²) < 4.78 is 0. The molecule has 0 spiro atoms. The molecule has 7 heteroatoms. The van der Waals surface area contributed by atoms with Crippen LogP contribution in [0, 0.1) is 5.41 Å². The molecule has 2 N–H and O–H groups in total. The Morgan fingerprint density at radius 3 is 2.70 bits per heavy atom. The maximum atomic E-state index is 12.9. The van der Waals surface area contributed by atoms with Gasteiger partial charge in [-0.15, -0.1) is 12.4 Å². The number of nitrogens with one attached hydrogen (secondary N) is 2. The molecule has 2 heterocycles. The monoisotopic (exact) mass is 396 g/mol. The molecule has 1 aliphatic rings. The van der Waals surface area contributed by atoms with Gasteiger partial charge in [0.25, 0.3) is 0 Å². The Morgan fingerprint density at radius 2 is 2.04 bits per heavy atom. The predicted octanol–water partition coefficient (Wildman–Crippen LogP) is 2.53. The van der Waals surface area contributed by atoms with Crippen molar-refractivity contribution in [3.8, 4) is 0 Å². The van der Waals surface area contributed by atoms with Gasteiger partial charge in [-0.2, -0.15) is 0 Å². The standard InChI is InChI=1S/C20H32N4O2.ClH/c1-20(2,3)13-18(25)23-14-19(26)24(15-16-7-4-5-11-22-16)17-8-6-10-21-12-9-17;/h4-5,7,11,17,21H,6,8-10,12-15H2,1-3H3,(H,23,25);1H. The molecule has 27 heavy (non-hydrogen) atoms. The molecular formula is C20H33ClN4O2. The van der Waals surface area contributed by atoms with Crippen LogP contribution < -0.4 is 10.6 Å². The lowest BCUT2D eigenvalue weighted by atomic mass is 9.92. The highest BCUT2D eigenvalue weighted by Crippen LogP contribution is 2.18. The van der Waals surface area contributed by atoms with Gasteiger partial charge >= 0.3 is 0 Å². The number of carbonyl (C=O) groups is 2. The van der Waals surface area contributed by atoms with E-state index in [2.05, 4.69) is 15.6 Å². The highest BCUT2D eigenvalue weighted by Gasteiger charge is 2.25. The molecule has 1 aromatic rings. The van der Waals surface area contributed by atoms with Gasteiger partial charge in [-0.3, -0.25) is 14.6 Å². The van der Waals surface area contributed by atoms with E-state index in [1.54, 1.807) is 6.20 Å². The Bertz CT molecular complexity index is 581. The highest BCUT2D eigenvalue weighted by atomic mass is 35.5. The number of hydrogen-bond acceptors (Lipinski definition) is 4. The van der Waals surface area contributed by atoms with Crippen LogP contribution in [-0.2, 0) is 16.1 Å². The zero-order valence-corrected chi connectivity index (χ0v) is 17.5. The van der Waals surface area contributed by atoms with Gasteiger partial charge in [0.15, 0.2) is 0 Å². The number of aromatic nitrogens is 1. The first kappa shape index (κ1) is 23.4. The number of amides is 2. The Kier molecular flexibility index (Phi) is 9.74. The molecule has 0 aromatic carbocycles. The summed E-state index contributed by atoms with van der Waals surface area (Å²) in [5.41, 5.74) is 0.785. The lowest BCUT2D eigenvalue weighted by Crippen LogP contribution is -2.46. The first-order valence-electron chi connectivity index (χ1n) is 9.52. The average Bonchev–Trinajstić information content (AvgIpc) is 2.86. The van der Waals surface area contributed by atoms with Crippen molar-refractivity contribution < 1.29 is 9.59 Å². The Morgan fingerprint density at radius 1 is 1.26 bits per heavy atom. The van der Waals surface area contributed by atoms with E-state index < -0.39 is 0 Å². The lowest BCUT2D eigenvalue weighted by molar-refractivity contribution is -0.136. The fraction of sp³-hybridized carbons (Fsp3) is 0.650. The van der Waals surface area contributed by atoms with Crippen molar-refractivity contribution in [2.45, 2.75) is 59.0 Å². The molecular weight excluding hydrogens is 364 g/mol. The molecule has 1 atom stereocenters. The minimum absolute atomic E-state index is 0. The highest BCUT2D eigenvalue weighted by molar-refractivity contribution is 5.85. The molecule has 152 valence electrons. The minimum atomic E-state index is -0.0896. The molecule has 6 nitrogen and oxygen atoms in total. The van der Waals surface area contributed by atoms with Gasteiger partial charge in [0.05, 0.1) is 18.8 Å². The summed E-state index contributed by atoms with van der Waals surface area (Å²) in [5.74, 6) is -0.115. The minimum Gasteiger partial charge on any atom is -0.347 e. The van der Waals surface area contributed by atoms with E-state index in [1.165, 1.54) is 0 Å². The molecule has 0 aliphatic carbocycles. The third-order valence-corrected chi connectivity index (χ3v) is 4.49. The first-order chi connectivity index (χ1) is 12.3. The van der Waals surface area contributed by atoms with Crippen molar-refractivity contribution in [2.24, 2.45) is 5.41 Å². The van der Waals surface area contributed by atoms with Crippen molar-refractivity contribution >= 4 is 24.2 Å². The van der Waals surface area contributed by atoms with Crippen molar-refractivity contribution in [3.63, 3.8) is 0 Å². The second-order valence-corrected chi connectivity index (χ2v) is 8.19. The largest absolute Gasteiger partial charge is 0.347 e. The summed E-state index contributed by atoms with van der Waals surface area (Å²) in [7, 11) is 0. The van der Waals surface area contributed by atoms with Crippen LogP contribution in [0.5, 0.6) is 0 Å². The van der Waals surface area contributed by atoms with Crippen LogP contribution in [0.4, 0.5) is 0 Å². The van der Waals surface area contributed by atoms with E-state index in [9.17, 15) is 9.59 Å². The van der Waals surface area contributed by atoms with Gasteiger partial charge in [0.1, 0.15) is 0 Å². The molecule has 2 amide bonds. The van der Waals surface area contributed by atoms with Gasteiger partial charge in [-0.1, -0.05) is 26.8 Å². The van der Waals surface area contributed by atoms with Crippen LogP contribution in [0.1, 0.15) is 52.1 Å². The summed E-state index contributed by atoms with van der Waals surface area (Å²) in [6, 6.07) is 5.93. The number of halogens is 1. The third kappa shape index (κ3) is 8.71. The molecule has 1 saturated heterocycles. The van der Waals surface area contributed by atoms with Crippen molar-refractivity contribution in [2.75, 3.05) is 19.6 Å². The number of hydrogen-bond donors (Lipinski definition) is 2. The molecule has 0 radical (unpaired) electrons. The van der Waals surface area contributed by atoms with Gasteiger partial charge in [0, 0.05) is 18.7 Å². The first-order valence-corrected chi connectivity index (χ1v) is 9.52. The van der Waals surface area contributed by atoms with E-state index >= 15 is 0 Å². The van der Waals surface area contributed by atoms with E-state index in [0.717, 1.165) is 38.0 Å². The quantitative estimate of drug-likeness (QED) is 0.774. The maximum Gasteiger partial charge on any atom is 0.242 e. The summed E-state index contributed by atoms with van der Waals surface area (Å²) in [6.45, 7) is 8.48. The van der Waals surface area contributed by atoms with Gasteiger partial charge in [-0.05, 0) is 49.9 Å². The van der Waals surface area contributed by atoms with Crippen LogP contribution in [0.25, 0.3) is 0 Å². The second kappa shape index (κ2) is 11.2. The van der Waals surface area contributed by atoms with Gasteiger partial charge in [-0.25, -0.2) is 0 Å². The summed E-state index contributed by atoms with van der Waals surface area (Å²) in [5, 5.41) is 6.18. The molecule has 1 aromatic heterocycles. The fourth-order valence-electron chi connectivity index (χ4n) is 3.22. The lowest BCUT2D eigenvalue weighted by Gasteiger charge is -2.31. The summed E-state index contributed by atoms with van der Waals surface area (Å²) in [4.78, 5) is 31.2. The zero-order valence-electron chi connectivity index (χ0n) is 16.7. The van der Waals surface area contributed by atoms with Crippen LogP contribution in [0.15, 0.2) is 24.4 Å². The predicted molar refractivity (Wildman–Crippen MR) is 110 cm³/mol. The molecule has 1 unspecified atom stereocenters. The zero-order chi connectivity index (χ0) is 19.0. The number of rotatable bonds is 6. The molecule has 1 aliphatic heterocycles. The number of carbonyl (C=O) groups excluding carboxylic acids is 2. The third-order valence-electron chi connectivity index (χ3n) is 4.49. The van der Waals surface area contributed by atoms with Crippen LogP contribution in [0.2, 0.25) is 0 Å². The van der Waals surface area contributed by atoms with Crippen LogP contribution in [0.3, 0.4) is 0 Å². The molecule has 2 rings (SSSR count). The smallest absolute Gasteiger partial charge is 0.242 e. The van der Waals surface area contributed by atoms with Crippen molar-refractivity contribution in [3.05, 3.63) is 30.1 Å². The topological polar surface area (TPSA) is 74.3 Å². The molecule has 0 bridgehead atoms. The maximum absolute atomic E-state index is 12.9. The van der Waals surface area contributed by atoms with E-state index in [1.807, 2.05) is 43.9 Å².